The Bertz CT molecular complexity index is 1840. The molecule has 0 spiro atoms. The molecule has 5 N–H and O–H groups in total. The molecule has 0 radical (unpaired) electrons. The summed E-state index contributed by atoms with van der Waals surface area (Å²) in [4.78, 5) is 56.9. The van der Waals surface area contributed by atoms with Crippen molar-refractivity contribution < 1.29 is 23.5 Å². The first-order valence-corrected chi connectivity index (χ1v) is 16.8. The van der Waals surface area contributed by atoms with E-state index in [1.165, 1.54) is 0 Å². The van der Waals surface area contributed by atoms with Gasteiger partial charge in [0.15, 0.2) is 0 Å². The van der Waals surface area contributed by atoms with Crippen LogP contribution < -0.4 is 21.7 Å². The third-order valence-corrected chi connectivity index (χ3v) is 9.82. The van der Waals surface area contributed by atoms with Gasteiger partial charge in [0.05, 0.1) is 10.5 Å². The molecular formula is C34H40Cl2N6O6. The molecular weight excluding hydrogens is 659 g/mol. The maximum Gasteiger partial charge on any atom is 0.434 e. The number of nitrogens with zero attached hydrogens (tertiary/aromatic N) is 1. The predicted molar refractivity (Wildman–Crippen MR) is 182 cm³/mol. The summed E-state index contributed by atoms with van der Waals surface area (Å²) in [6.07, 6.45) is 1.16. The van der Waals surface area contributed by atoms with Gasteiger partial charge in [0.1, 0.15) is 24.2 Å². The van der Waals surface area contributed by atoms with Crippen molar-refractivity contribution in [1.82, 2.24) is 31.1 Å². The Morgan fingerprint density at radius 1 is 1.06 bits per heavy atom. The van der Waals surface area contributed by atoms with Gasteiger partial charge in [0.25, 0.3) is 0 Å². The molecule has 0 saturated carbocycles. The Morgan fingerprint density at radius 2 is 1.79 bits per heavy atom. The molecule has 0 bridgehead atoms. The Hall–Kier alpha value is -4.29. The number of ether oxygens (including phenoxy) is 1. The highest BCUT2D eigenvalue weighted by Crippen LogP contribution is 2.39. The summed E-state index contributed by atoms with van der Waals surface area (Å²) < 4.78 is 10.7. The molecule has 0 saturated heterocycles. The molecule has 0 aliphatic heterocycles. The molecule has 2 aromatic heterocycles. The number of H-pyrrole nitrogens is 2. The van der Waals surface area contributed by atoms with E-state index >= 15 is 0 Å². The number of nitrogens with one attached hydrogen (secondary N) is 5. The van der Waals surface area contributed by atoms with Gasteiger partial charge in [-0.25, -0.2) is 14.7 Å². The van der Waals surface area contributed by atoms with E-state index < -0.39 is 41.3 Å². The van der Waals surface area contributed by atoms with Gasteiger partial charge in [-0.1, -0.05) is 94.1 Å². The van der Waals surface area contributed by atoms with Gasteiger partial charge in [0.2, 0.25) is 17.7 Å². The van der Waals surface area contributed by atoms with Crippen molar-refractivity contribution >= 4 is 52.0 Å². The zero-order chi connectivity index (χ0) is 34.6. The minimum Gasteiger partial charge on any atom is -0.445 e. The van der Waals surface area contributed by atoms with Gasteiger partial charge < -0.3 is 30.1 Å². The van der Waals surface area contributed by atoms with Gasteiger partial charge in [0, 0.05) is 22.5 Å². The van der Waals surface area contributed by atoms with Crippen molar-refractivity contribution in [2.45, 2.75) is 84.0 Å². The van der Waals surface area contributed by atoms with E-state index in [0.717, 1.165) is 22.2 Å². The summed E-state index contributed by atoms with van der Waals surface area (Å²) in [6.45, 7) is 7.62. The number of aryl methyl sites for hydroxylation is 1. The minimum absolute atomic E-state index is 0.0304. The van der Waals surface area contributed by atoms with Gasteiger partial charge in [-0.2, -0.15) is 0 Å². The number of hydrogen-bond acceptors (Lipinski definition) is 7. The van der Waals surface area contributed by atoms with Crippen LogP contribution in [0.3, 0.4) is 0 Å². The molecule has 0 fully saturated rings. The third kappa shape index (κ3) is 7.55. The van der Waals surface area contributed by atoms with E-state index in [9.17, 15) is 19.2 Å². The molecule has 14 heteroatoms. The maximum atomic E-state index is 14.6. The second-order valence-corrected chi connectivity index (χ2v) is 13.3. The highest BCUT2D eigenvalue weighted by atomic mass is 35.5. The molecule has 256 valence electrons. The highest BCUT2D eigenvalue weighted by Gasteiger charge is 2.47. The van der Waals surface area contributed by atoms with Crippen LogP contribution in [0.15, 0.2) is 51.7 Å². The largest absolute Gasteiger partial charge is 0.445 e. The zero-order valence-electron chi connectivity index (χ0n) is 27.2. The van der Waals surface area contributed by atoms with E-state index in [1.54, 1.807) is 12.1 Å². The molecule has 48 heavy (non-hydrogen) atoms. The lowest BCUT2D eigenvalue weighted by molar-refractivity contribution is -0.136. The minimum atomic E-state index is -1.47. The predicted octanol–water partition coefficient (Wildman–Crippen LogP) is 5.74. The SMILES string of the molecule is CCC(C)C(NC(=O)OCc1ccccc1)C(=O)N[C@@]1(C(=O)NC(c2n[nH]c(=O)o2)C(C)CC)CCc2[nH]c3c(Cl)cc(Cl)cc3c2C1. The number of hydrogen-bond donors (Lipinski definition) is 5. The lowest BCUT2D eigenvalue weighted by Gasteiger charge is -2.39. The van der Waals surface area contributed by atoms with Crippen molar-refractivity contribution in [2.75, 3.05) is 0 Å². The van der Waals surface area contributed by atoms with Crippen LogP contribution in [0.25, 0.3) is 10.9 Å². The lowest BCUT2D eigenvalue weighted by Crippen LogP contribution is -2.65. The van der Waals surface area contributed by atoms with Crippen LogP contribution in [-0.4, -0.2) is 44.7 Å². The molecule has 12 nitrogen and oxygen atoms in total. The zero-order valence-corrected chi connectivity index (χ0v) is 28.8. The normalized spacial score (nSPS) is 18.3. The first-order valence-electron chi connectivity index (χ1n) is 16.1. The Labute approximate surface area is 287 Å². The van der Waals surface area contributed by atoms with E-state index in [4.69, 9.17) is 32.4 Å². The van der Waals surface area contributed by atoms with Crippen molar-refractivity contribution in [2.24, 2.45) is 11.8 Å². The van der Waals surface area contributed by atoms with Crippen LogP contribution in [0.2, 0.25) is 10.0 Å². The molecule has 4 unspecified atom stereocenters. The molecule has 2 aromatic carbocycles. The van der Waals surface area contributed by atoms with Crippen LogP contribution in [0.4, 0.5) is 4.79 Å². The number of halogens is 2. The first kappa shape index (κ1) is 35.0. The summed E-state index contributed by atoms with van der Waals surface area (Å²) in [6, 6.07) is 10.9. The highest BCUT2D eigenvalue weighted by molar-refractivity contribution is 6.38. The number of benzene rings is 2. The Kier molecular flexibility index (Phi) is 10.8. The van der Waals surface area contributed by atoms with Crippen LogP contribution in [0, 0.1) is 11.8 Å². The van der Waals surface area contributed by atoms with Crippen LogP contribution in [0.5, 0.6) is 0 Å². The Balaban J connectivity index is 1.48. The number of carbonyl (C=O) groups excluding carboxylic acids is 3. The van der Waals surface area contributed by atoms with Crippen molar-refractivity contribution in [3.63, 3.8) is 0 Å². The van der Waals surface area contributed by atoms with Crippen molar-refractivity contribution in [3.05, 3.63) is 85.8 Å². The fourth-order valence-electron chi connectivity index (χ4n) is 6.07. The maximum absolute atomic E-state index is 14.6. The van der Waals surface area contributed by atoms with Crippen molar-refractivity contribution in [1.29, 1.82) is 0 Å². The number of alkyl carbamates (subject to hydrolysis) is 1. The fourth-order valence-corrected chi connectivity index (χ4v) is 6.61. The summed E-state index contributed by atoms with van der Waals surface area (Å²) in [5, 5.41) is 16.7. The lowest BCUT2D eigenvalue weighted by atomic mass is 9.78. The summed E-state index contributed by atoms with van der Waals surface area (Å²) >= 11 is 12.9. The smallest absolute Gasteiger partial charge is 0.434 e. The molecule has 2 heterocycles. The van der Waals surface area contributed by atoms with Crippen LogP contribution >= 0.6 is 23.2 Å². The first-order chi connectivity index (χ1) is 22.9. The number of carbonyl (C=O) groups is 3. The molecule has 1 aliphatic rings. The second-order valence-electron chi connectivity index (χ2n) is 12.5. The molecule has 4 aromatic rings. The quantitative estimate of drug-likeness (QED) is 0.126. The van der Waals surface area contributed by atoms with E-state index in [0.29, 0.717) is 34.8 Å². The number of rotatable bonds is 12. The number of aromatic amines is 2. The fraction of sp³-hybridized carbons (Fsp3) is 0.441. The standard InChI is InChI=1S/C34H40Cl2N6O6/c1-5-18(3)26(39-32(45)47-17-20-10-8-7-9-11-20)29(43)40-34(31(44)38-27(19(4)6-2)30-41-42-33(46)48-30)13-12-25-23(16-34)22-14-21(35)15-24(36)28(22)37-25/h7-11,14-15,18-19,26-27,37H,5-6,12-13,16-17H2,1-4H3,(H,38,44)(H,39,45)(H,40,43)(H,42,46)/t18?,19?,26?,27?,34-/m0/s1. The van der Waals surface area contributed by atoms with E-state index in [-0.39, 0.29) is 37.2 Å². The molecule has 5 atom stereocenters. The summed E-state index contributed by atoms with van der Waals surface area (Å²) in [7, 11) is 0. The summed E-state index contributed by atoms with van der Waals surface area (Å²) in [5.74, 6) is -2.22. The number of amides is 3. The van der Waals surface area contributed by atoms with Crippen LogP contribution in [-0.2, 0) is 33.8 Å². The summed E-state index contributed by atoms with van der Waals surface area (Å²) in [5.41, 5.74) is 1.68. The van der Waals surface area contributed by atoms with Gasteiger partial charge in [-0.3, -0.25) is 9.59 Å². The monoisotopic (exact) mass is 698 g/mol. The van der Waals surface area contributed by atoms with E-state index in [2.05, 4.69) is 31.1 Å². The number of aromatic nitrogens is 3. The average Bonchev–Trinajstić information content (AvgIpc) is 3.67. The Morgan fingerprint density at radius 3 is 2.46 bits per heavy atom. The average molecular weight is 700 g/mol. The van der Waals surface area contributed by atoms with Gasteiger partial charge in [-0.15, -0.1) is 5.10 Å². The third-order valence-electron chi connectivity index (χ3n) is 9.30. The van der Waals surface area contributed by atoms with Gasteiger partial charge >= 0.3 is 11.8 Å². The topological polar surface area (TPSA) is 171 Å². The van der Waals surface area contributed by atoms with Crippen LogP contribution in [0.1, 0.15) is 75.7 Å². The number of fused-ring (bicyclic) bond motifs is 3. The van der Waals surface area contributed by atoms with Crippen molar-refractivity contribution in [3.8, 4) is 0 Å². The molecule has 5 rings (SSSR count). The van der Waals surface area contributed by atoms with E-state index in [1.807, 2.05) is 58.0 Å². The molecule has 3 amide bonds. The second kappa shape index (κ2) is 14.9. The van der Waals surface area contributed by atoms with Gasteiger partial charge in [-0.05, 0) is 47.9 Å². The molecule has 1 aliphatic carbocycles.